The maximum absolute atomic E-state index is 13.3. The molecule has 0 spiro atoms. The molecule has 0 radical (unpaired) electrons. The molecular formula is C24H18FNO6. The maximum atomic E-state index is 13.3. The van der Waals surface area contributed by atoms with Crippen LogP contribution in [0.15, 0.2) is 78.5 Å². The molecule has 1 aliphatic heterocycles. The van der Waals surface area contributed by atoms with E-state index in [9.17, 15) is 19.3 Å². The summed E-state index contributed by atoms with van der Waals surface area (Å²) in [6.45, 7) is 0. The summed E-state index contributed by atoms with van der Waals surface area (Å²) >= 11 is 0. The number of nitrogens with zero attached hydrogens (tertiary/aromatic N) is 1. The predicted molar refractivity (Wildman–Crippen MR) is 113 cm³/mol. The first-order valence-corrected chi connectivity index (χ1v) is 9.68. The minimum atomic E-state index is -1.11. The standard InChI is InChI=1S/C24H18FNO6/c1-30-23(15-6-3-2-4-7-15)24(27)31-20-9-5-8-17-14-19(26(28)29)21(32-22(17)20)16-10-12-18(25)13-11-16/h2-14,21,23H,1H3/t21-,23-/m0/s1. The summed E-state index contributed by atoms with van der Waals surface area (Å²) in [7, 11) is 1.40. The fourth-order valence-electron chi connectivity index (χ4n) is 3.45. The van der Waals surface area contributed by atoms with Crippen molar-refractivity contribution in [3.8, 4) is 11.5 Å². The molecule has 32 heavy (non-hydrogen) atoms. The van der Waals surface area contributed by atoms with Crippen LogP contribution in [0.1, 0.15) is 28.9 Å². The molecule has 0 fully saturated rings. The largest absolute Gasteiger partial charge is 0.470 e. The van der Waals surface area contributed by atoms with Gasteiger partial charge in [0, 0.05) is 24.3 Å². The quantitative estimate of drug-likeness (QED) is 0.238. The van der Waals surface area contributed by atoms with Gasteiger partial charge in [-0.05, 0) is 23.8 Å². The zero-order valence-electron chi connectivity index (χ0n) is 16.9. The highest BCUT2D eigenvalue weighted by molar-refractivity contribution is 5.80. The summed E-state index contributed by atoms with van der Waals surface area (Å²) in [6.07, 6.45) is -0.714. The van der Waals surface area contributed by atoms with E-state index in [4.69, 9.17) is 14.2 Å². The molecular weight excluding hydrogens is 417 g/mol. The zero-order valence-corrected chi connectivity index (χ0v) is 16.9. The number of halogens is 1. The van der Waals surface area contributed by atoms with Gasteiger partial charge in [0.15, 0.2) is 17.6 Å². The van der Waals surface area contributed by atoms with Crippen LogP contribution in [0.4, 0.5) is 4.39 Å². The van der Waals surface area contributed by atoms with Gasteiger partial charge in [-0.3, -0.25) is 10.1 Å². The molecule has 0 aliphatic carbocycles. The van der Waals surface area contributed by atoms with Crippen molar-refractivity contribution in [1.82, 2.24) is 0 Å². The summed E-state index contributed by atoms with van der Waals surface area (Å²) in [5, 5.41) is 11.6. The zero-order chi connectivity index (χ0) is 22.7. The van der Waals surface area contributed by atoms with Gasteiger partial charge in [0.05, 0.1) is 4.92 Å². The molecule has 3 aromatic carbocycles. The SMILES string of the molecule is CO[C@H](C(=O)Oc1cccc2c1O[C@@H](c1ccc(F)cc1)C([N+](=O)[O-])=C2)c1ccccc1. The smallest absolute Gasteiger partial charge is 0.345 e. The molecule has 0 saturated heterocycles. The summed E-state index contributed by atoms with van der Waals surface area (Å²) in [5.74, 6) is -0.879. The van der Waals surface area contributed by atoms with Gasteiger partial charge < -0.3 is 14.2 Å². The number of hydrogen-bond donors (Lipinski definition) is 0. The summed E-state index contributed by atoms with van der Waals surface area (Å²) < 4.78 is 30.2. The van der Waals surface area contributed by atoms with E-state index in [2.05, 4.69) is 0 Å². The van der Waals surface area contributed by atoms with E-state index < -0.39 is 28.9 Å². The molecule has 1 aliphatic rings. The Bertz CT molecular complexity index is 1180. The number of rotatable bonds is 6. The molecule has 8 heteroatoms. The van der Waals surface area contributed by atoms with Gasteiger partial charge in [0.1, 0.15) is 5.82 Å². The van der Waals surface area contributed by atoms with Gasteiger partial charge in [-0.2, -0.15) is 0 Å². The number of carbonyl (C=O) groups is 1. The topological polar surface area (TPSA) is 87.9 Å². The normalized spacial score (nSPS) is 15.7. The molecule has 162 valence electrons. The Hall–Kier alpha value is -4.04. The van der Waals surface area contributed by atoms with E-state index >= 15 is 0 Å². The van der Waals surface area contributed by atoms with Gasteiger partial charge in [-0.25, -0.2) is 9.18 Å². The fraction of sp³-hybridized carbons (Fsp3) is 0.125. The van der Waals surface area contributed by atoms with Crippen LogP contribution in [0.3, 0.4) is 0 Å². The van der Waals surface area contributed by atoms with Gasteiger partial charge >= 0.3 is 5.97 Å². The van der Waals surface area contributed by atoms with E-state index in [0.29, 0.717) is 16.7 Å². The van der Waals surface area contributed by atoms with E-state index in [0.717, 1.165) is 0 Å². The lowest BCUT2D eigenvalue weighted by Gasteiger charge is -2.24. The second-order valence-corrected chi connectivity index (χ2v) is 7.00. The van der Waals surface area contributed by atoms with Crippen LogP contribution in [0.5, 0.6) is 11.5 Å². The maximum Gasteiger partial charge on any atom is 0.345 e. The van der Waals surface area contributed by atoms with Crippen molar-refractivity contribution in [3.63, 3.8) is 0 Å². The third-order valence-electron chi connectivity index (χ3n) is 4.96. The van der Waals surface area contributed by atoms with Crippen LogP contribution in [0, 0.1) is 15.9 Å². The average molecular weight is 435 g/mol. The third kappa shape index (κ3) is 4.21. The first kappa shape index (κ1) is 21.2. The first-order chi connectivity index (χ1) is 15.5. The number of esters is 1. The van der Waals surface area contributed by atoms with E-state index in [1.807, 2.05) is 6.07 Å². The van der Waals surface area contributed by atoms with Crippen LogP contribution < -0.4 is 9.47 Å². The van der Waals surface area contributed by atoms with E-state index in [-0.39, 0.29) is 17.2 Å². The van der Waals surface area contributed by atoms with Crippen molar-refractivity contribution in [3.05, 3.63) is 111 Å². The Morgan fingerprint density at radius 3 is 2.44 bits per heavy atom. The van der Waals surface area contributed by atoms with Crippen LogP contribution in [0.25, 0.3) is 6.08 Å². The lowest BCUT2D eigenvalue weighted by molar-refractivity contribution is -0.434. The molecule has 0 amide bonds. The van der Waals surface area contributed by atoms with Crippen molar-refractivity contribution >= 4 is 12.0 Å². The number of hydrogen-bond acceptors (Lipinski definition) is 6. The van der Waals surface area contributed by atoms with Gasteiger partial charge in [0.25, 0.3) is 5.70 Å². The molecule has 0 saturated carbocycles. The molecule has 2 atom stereocenters. The highest BCUT2D eigenvalue weighted by Crippen LogP contribution is 2.43. The van der Waals surface area contributed by atoms with Crippen molar-refractivity contribution in [1.29, 1.82) is 0 Å². The van der Waals surface area contributed by atoms with Crippen LogP contribution in [0.2, 0.25) is 0 Å². The third-order valence-corrected chi connectivity index (χ3v) is 4.96. The van der Waals surface area contributed by atoms with Gasteiger partial charge in [0.2, 0.25) is 6.10 Å². The molecule has 7 nitrogen and oxygen atoms in total. The molecule has 0 bridgehead atoms. The predicted octanol–water partition coefficient (Wildman–Crippen LogP) is 4.87. The summed E-state index contributed by atoms with van der Waals surface area (Å²) in [5.41, 5.74) is 1.17. The molecule has 0 N–H and O–H groups in total. The first-order valence-electron chi connectivity index (χ1n) is 9.68. The fourth-order valence-corrected chi connectivity index (χ4v) is 3.45. The van der Waals surface area contributed by atoms with Crippen molar-refractivity contribution in [2.45, 2.75) is 12.2 Å². The average Bonchev–Trinajstić information content (AvgIpc) is 2.80. The lowest BCUT2D eigenvalue weighted by Crippen LogP contribution is -2.23. The minimum Gasteiger partial charge on any atom is -0.470 e. The number of nitro groups is 1. The van der Waals surface area contributed by atoms with Crippen LogP contribution in [-0.2, 0) is 9.53 Å². The summed E-state index contributed by atoms with van der Waals surface area (Å²) in [6, 6.07) is 18.8. The number of ether oxygens (including phenoxy) is 3. The Kier molecular flexibility index (Phi) is 5.96. The number of fused-ring (bicyclic) bond motifs is 1. The van der Waals surface area contributed by atoms with E-state index in [1.165, 1.54) is 43.5 Å². The number of methoxy groups -OCH3 is 1. The Morgan fingerprint density at radius 2 is 1.78 bits per heavy atom. The summed E-state index contributed by atoms with van der Waals surface area (Å²) in [4.78, 5) is 23.9. The second kappa shape index (κ2) is 8.99. The molecule has 3 aromatic rings. The highest BCUT2D eigenvalue weighted by atomic mass is 19.1. The van der Waals surface area contributed by atoms with E-state index in [1.54, 1.807) is 36.4 Å². The van der Waals surface area contributed by atoms with Gasteiger partial charge in [-0.15, -0.1) is 0 Å². The van der Waals surface area contributed by atoms with Crippen LogP contribution in [-0.4, -0.2) is 18.0 Å². The van der Waals surface area contributed by atoms with Crippen molar-refractivity contribution in [2.75, 3.05) is 7.11 Å². The molecule has 0 unspecified atom stereocenters. The van der Waals surface area contributed by atoms with Crippen molar-refractivity contribution < 1.29 is 28.3 Å². The number of benzene rings is 3. The molecule has 4 rings (SSSR count). The molecule has 1 heterocycles. The molecule has 0 aromatic heterocycles. The second-order valence-electron chi connectivity index (χ2n) is 7.00. The van der Waals surface area contributed by atoms with Crippen LogP contribution >= 0.6 is 0 Å². The highest BCUT2D eigenvalue weighted by Gasteiger charge is 2.35. The Morgan fingerprint density at radius 1 is 1.06 bits per heavy atom. The Balaban J connectivity index is 1.68. The van der Waals surface area contributed by atoms with Gasteiger partial charge in [-0.1, -0.05) is 54.6 Å². The monoisotopic (exact) mass is 435 g/mol. The number of carbonyl (C=O) groups excluding carboxylic acids is 1. The Labute approximate surface area is 182 Å². The minimum absolute atomic E-state index is 0.0937. The van der Waals surface area contributed by atoms with Crippen molar-refractivity contribution in [2.24, 2.45) is 0 Å². The lowest BCUT2D eigenvalue weighted by atomic mass is 10.0. The number of para-hydroxylation sites is 1.